The average Bonchev–Trinajstić information content (AvgIpc) is 2.71. The number of alkyl halides is 3. The second kappa shape index (κ2) is 4.29. The van der Waals surface area contributed by atoms with Gasteiger partial charge in [0.2, 0.25) is 0 Å². The lowest BCUT2D eigenvalue weighted by Gasteiger charge is -2.13. The maximum absolute atomic E-state index is 12.1. The van der Waals surface area contributed by atoms with E-state index in [-0.39, 0.29) is 37.1 Å². The van der Waals surface area contributed by atoms with Gasteiger partial charge in [-0.2, -0.15) is 21.6 Å². The van der Waals surface area contributed by atoms with E-state index in [0.717, 1.165) is 4.90 Å². The molecule has 108 valence electrons. The molecule has 2 aliphatic rings. The maximum atomic E-state index is 12.1. The molecule has 19 heavy (non-hydrogen) atoms. The van der Waals surface area contributed by atoms with Crippen molar-refractivity contribution in [3.8, 4) is 0 Å². The number of hydrogen-bond acceptors (Lipinski definition) is 4. The van der Waals surface area contributed by atoms with Gasteiger partial charge in [-0.05, 0) is 12.0 Å². The minimum atomic E-state index is -5.64. The summed E-state index contributed by atoms with van der Waals surface area (Å²) < 4.78 is 62.0. The Balaban J connectivity index is 2.04. The number of carbonyl (C=O) groups is 1. The molecule has 2 rings (SSSR count). The third kappa shape index (κ3) is 2.62. The number of fused-ring (bicyclic) bond motifs is 1. The van der Waals surface area contributed by atoms with Crippen molar-refractivity contribution in [2.24, 2.45) is 11.8 Å². The second-order valence-corrected chi connectivity index (χ2v) is 5.97. The molecule has 1 heterocycles. The SMILES string of the molecule is O=C(O)N1C[C@@H]2CC(OS(=O)(=O)C(F)(F)F)=C[C@@H]2C1. The average molecular weight is 301 g/mol. The van der Waals surface area contributed by atoms with E-state index in [1.54, 1.807) is 0 Å². The molecule has 1 N–H and O–H groups in total. The molecule has 0 saturated carbocycles. The number of hydrogen-bond donors (Lipinski definition) is 1. The van der Waals surface area contributed by atoms with Crippen molar-refractivity contribution in [2.45, 2.75) is 11.9 Å². The van der Waals surface area contributed by atoms with E-state index in [0.29, 0.717) is 0 Å². The van der Waals surface area contributed by atoms with Gasteiger partial charge in [-0.1, -0.05) is 0 Å². The van der Waals surface area contributed by atoms with Gasteiger partial charge < -0.3 is 14.2 Å². The van der Waals surface area contributed by atoms with Crippen LogP contribution in [0.25, 0.3) is 0 Å². The topological polar surface area (TPSA) is 83.9 Å². The van der Waals surface area contributed by atoms with Crippen LogP contribution in [0.2, 0.25) is 0 Å². The summed E-state index contributed by atoms with van der Waals surface area (Å²) in [7, 11) is -5.64. The van der Waals surface area contributed by atoms with Gasteiger partial charge in [-0.3, -0.25) is 0 Å². The van der Waals surface area contributed by atoms with Crippen molar-refractivity contribution in [2.75, 3.05) is 13.1 Å². The highest BCUT2D eigenvalue weighted by Gasteiger charge is 2.50. The third-order valence-corrected chi connectivity index (χ3v) is 4.13. The van der Waals surface area contributed by atoms with Crippen LogP contribution in [0.3, 0.4) is 0 Å². The van der Waals surface area contributed by atoms with E-state index in [1.807, 2.05) is 0 Å². The minimum absolute atomic E-state index is 0.0102. The Hall–Kier alpha value is -1.45. The Morgan fingerprint density at radius 2 is 2.05 bits per heavy atom. The van der Waals surface area contributed by atoms with Crippen LogP contribution in [0.15, 0.2) is 11.8 Å². The largest absolute Gasteiger partial charge is 0.534 e. The number of rotatable bonds is 2. The van der Waals surface area contributed by atoms with Crippen LogP contribution in [-0.2, 0) is 14.3 Å². The molecule has 1 saturated heterocycles. The van der Waals surface area contributed by atoms with Crippen molar-refractivity contribution < 1.29 is 35.7 Å². The van der Waals surface area contributed by atoms with Gasteiger partial charge in [0.1, 0.15) is 5.76 Å². The van der Waals surface area contributed by atoms with Crippen molar-refractivity contribution in [1.29, 1.82) is 0 Å². The molecule has 1 aliphatic heterocycles. The molecule has 1 aliphatic carbocycles. The first-order valence-electron chi connectivity index (χ1n) is 5.29. The molecular weight excluding hydrogens is 291 g/mol. The van der Waals surface area contributed by atoms with E-state index in [1.165, 1.54) is 6.08 Å². The Kier molecular flexibility index (Phi) is 3.15. The Morgan fingerprint density at radius 1 is 1.42 bits per heavy atom. The maximum Gasteiger partial charge on any atom is 0.534 e. The highest BCUT2D eigenvalue weighted by atomic mass is 32.2. The molecule has 0 unspecified atom stereocenters. The zero-order chi connectivity index (χ0) is 14.4. The first-order chi connectivity index (χ1) is 8.60. The van der Waals surface area contributed by atoms with E-state index >= 15 is 0 Å². The van der Waals surface area contributed by atoms with Crippen LogP contribution in [0.4, 0.5) is 18.0 Å². The minimum Gasteiger partial charge on any atom is -0.465 e. The van der Waals surface area contributed by atoms with Crippen LogP contribution >= 0.6 is 0 Å². The third-order valence-electron chi connectivity index (χ3n) is 3.13. The molecule has 0 bridgehead atoms. The first kappa shape index (κ1) is 14.0. The Bertz CT molecular complexity index is 526. The Morgan fingerprint density at radius 3 is 2.53 bits per heavy atom. The zero-order valence-electron chi connectivity index (χ0n) is 9.42. The van der Waals surface area contributed by atoms with Gasteiger partial charge in [0.15, 0.2) is 0 Å². The summed E-state index contributed by atoms with van der Waals surface area (Å²) in [6, 6.07) is 0. The van der Waals surface area contributed by atoms with Crippen LogP contribution in [0.5, 0.6) is 0 Å². The second-order valence-electron chi connectivity index (χ2n) is 4.43. The van der Waals surface area contributed by atoms with Gasteiger partial charge >= 0.3 is 21.7 Å². The summed E-state index contributed by atoms with van der Waals surface area (Å²) in [6.07, 6.45) is 0.147. The fourth-order valence-corrected chi connectivity index (χ4v) is 2.77. The number of likely N-dealkylation sites (tertiary alicyclic amines) is 1. The van der Waals surface area contributed by atoms with Crippen LogP contribution in [-0.4, -0.2) is 43.1 Å². The highest BCUT2D eigenvalue weighted by molar-refractivity contribution is 7.87. The molecular formula is C9H10F3NO5S. The smallest absolute Gasteiger partial charge is 0.465 e. The molecule has 1 amide bonds. The summed E-state index contributed by atoms with van der Waals surface area (Å²) >= 11 is 0. The van der Waals surface area contributed by atoms with Gasteiger partial charge in [0.05, 0.1) is 0 Å². The lowest BCUT2D eigenvalue weighted by atomic mass is 10.0. The normalized spacial score (nSPS) is 27.1. The lowest BCUT2D eigenvalue weighted by Crippen LogP contribution is -2.28. The van der Waals surface area contributed by atoms with Crippen LogP contribution in [0, 0.1) is 11.8 Å². The molecule has 0 spiro atoms. The van der Waals surface area contributed by atoms with Crippen LogP contribution < -0.4 is 0 Å². The predicted molar refractivity (Wildman–Crippen MR) is 55.3 cm³/mol. The van der Waals surface area contributed by atoms with Crippen LogP contribution in [0.1, 0.15) is 6.42 Å². The molecule has 0 aromatic heterocycles. The number of amides is 1. The van der Waals surface area contributed by atoms with Gasteiger partial charge in [-0.15, -0.1) is 0 Å². The number of halogens is 3. The van der Waals surface area contributed by atoms with Crippen molar-refractivity contribution in [3.05, 3.63) is 11.8 Å². The summed E-state index contributed by atoms with van der Waals surface area (Å²) in [6.45, 7) is 0.300. The monoisotopic (exact) mass is 301 g/mol. The molecule has 10 heteroatoms. The molecule has 6 nitrogen and oxygen atoms in total. The molecule has 0 aromatic rings. The lowest BCUT2D eigenvalue weighted by molar-refractivity contribution is -0.0523. The van der Waals surface area contributed by atoms with E-state index in [9.17, 15) is 26.4 Å². The van der Waals surface area contributed by atoms with Gasteiger partial charge in [0, 0.05) is 25.4 Å². The van der Waals surface area contributed by atoms with E-state index in [4.69, 9.17) is 5.11 Å². The molecule has 1 fully saturated rings. The quantitative estimate of drug-likeness (QED) is 0.615. The highest BCUT2D eigenvalue weighted by Crippen LogP contribution is 2.39. The first-order valence-corrected chi connectivity index (χ1v) is 6.70. The van der Waals surface area contributed by atoms with E-state index in [2.05, 4.69) is 4.18 Å². The van der Waals surface area contributed by atoms with Gasteiger partial charge in [-0.25, -0.2) is 4.79 Å². The van der Waals surface area contributed by atoms with Crippen molar-refractivity contribution in [1.82, 2.24) is 4.90 Å². The summed E-state index contributed by atoms with van der Waals surface area (Å²) in [4.78, 5) is 11.8. The molecule has 2 atom stereocenters. The zero-order valence-corrected chi connectivity index (χ0v) is 10.2. The summed E-state index contributed by atoms with van der Waals surface area (Å²) in [5.74, 6) is -0.790. The Labute approximate surface area is 106 Å². The molecule has 0 radical (unpaired) electrons. The molecule has 0 aromatic carbocycles. The summed E-state index contributed by atoms with van der Waals surface area (Å²) in [5, 5.41) is 8.76. The number of allylic oxidation sites excluding steroid dienone is 1. The standard InChI is InChI=1S/C9H10F3NO5S/c10-9(11,12)19(16,17)18-7-1-5-3-13(8(14)15)4-6(5)2-7/h1,5-6H,2-4H2,(H,14,15)/t5-,6+/m1/s1. The van der Waals surface area contributed by atoms with E-state index < -0.39 is 21.7 Å². The van der Waals surface area contributed by atoms with Crippen molar-refractivity contribution in [3.63, 3.8) is 0 Å². The fraction of sp³-hybridized carbons (Fsp3) is 0.667. The predicted octanol–water partition coefficient (Wildman–Crippen LogP) is 1.37. The van der Waals surface area contributed by atoms with Crippen molar-refractivity contribution >= 4 is 16.2 Å². The number of nitrogens with zero attached hydrogens (tertiary/aromatic N) is 1. The summed E-state index contributed by atoms with van der Waals surface area (Å²) in [5.41, 5.74) is -5.46. The fourth-order valence-electron chi connectivity index (χ4n) is 2.27. The number of carboxylic acid groups (broad SMARTS) is 1. The van der Waals surface area contributed by atoms with Gasteiger partial charge in [0.25, 0.3) is 0 Å².